The first-order valence-corrected chi connectivity index (χ1v) is 13.7. The molecular formula is C30H33FN6O2. The molecule has 2 amide bonds. The molecule has 202 valence electrons. The summed E-state index contributed by atoms with van der Waals surface area (Å²) in [5, 5.41) is 10.4. The molecule has 0 saturated carbocycles. The van der Waals surface area contributed by atoms with Crippen LogP contribution in [0.25, 0.3) is 11.1 Å². The van der Waals surface area contributed by atoms with Crippen LogP contribution in [0.1, 0.15) is 36.1 Å². The van der Waals surface area contributed by atoms with Gasteiger partial charge in [0, 0.05) is 49.3 Å². The number of nitrogens with zero attached hydrogens (tertiary/aromatic N) is 6. The van der Waals surface area contributed by atoms with Crippen molar-refractivity contribution in [3.05, 3.63) is 59.6 Å². The van der Waals surface area contributed by atoms with Crippen molar-refractivity contribution in [2.45, 2.75) is 38.3 Å². The lowest BCUT2D eigenvalue weighted by molar-refractivity contribution is -0.137. The zero-order chi connectivity index (χ0) is 27.3. The summed E-state index contributed by atoms with van der Waals surface area (Å²) in [6.45, 7) is 8.04. The number of hydrogen-bond donors (Lipinski definition) is 0. The van der Waals surface area contributed by atoms with E-state index in [0.29, 0.717) is 68.2 Å². The number of hydrogen-bond acceptors (Lipinski definition) is 6. The minimum atomic E-state index is -0.380. The molecule has 2 aromatic rings. The number of pyridine rings is 1. The van der Waals surface area contributed by atoms with Crippen LogP contribution in [0.3, 0.4) is 0 Å². The molecule has 0 bridgehead atoms. The predicted octanol–water partition coefficient (Wildman–Crippen LogP) is 2.96. The molecule has 3 saturated heterocycles. The van der Waals surface area contributed by atoms with Gasteiger partial charge in [0.25, 0.3) is 0 Å². The van der Waals surface area contributed by atoms with E-state index in [1.54, 1.807) is 23.1 Å². The lowest BCUT2D eigenvalue weighted by Gasteiger charge is -2.47. The highest BCUT2D eigenvalue weighted by Gasteiger charge is 2.49. The normalized spacial score (nSPS) is 22.0. The summed E-state index contributed by atoms with van der Waals surface area (Å²) < 4.78 is 15.2. The van der Waals surface area contributed by atoms with Crippen molar-refractivity contribution in [2.24, 2.45) is 5.41 Å². The molecule has 4 aliphatic rings. The summed E-state index contributed by atoms with van der Waals surface area (Å²) in [6, 6.07) is 8.82. The Labute approximate surface area is 228 Å². The first-order chi connectivity index (χ1) is 18.8. The molecular weight excluding hydrogens is 495 g/mol. The summed E-state index contributed by atoms with van der Waals surface area (Å²) in [7, 11) is 1.99. The Morgan fingerprint density at radius 2 is 1.97 bits per heavy atom. The van der Waals surface area contributed by atoms with Crippen molar-refractivity contribution >= 4 is 17.6 Å². The third-order valence-electron chi connectivity index (χ3n) is 8.99. The van der Waals surface area contributed by atoms with E-state index in [9.17, 15) is 14.9 Å². The SMILES string of the molecule is C=CC(=O)N1CC2(CCN(c3nc4c(c(-c5ccccc5F)c3C#N)CCN(C(=O)[C@@H]3CCCN3C)C4)C2)C1. The van der Waals surface area contributed by atoms with Crippen LogP contribution < -0.4 is 4.90 Å². The first kappa shape index (κ1) is 25.5. The number of fused-ring (bicyclic) bond motifs is 1. The maximum absolute atomic E-state index is 15.2. The number of rotatable bonds is 4. The number of carbonyl (C=O) groups excluding carboxylic acids is 2. The molecule has 0 unspecified atom stereocenters. The molecule has 0 aliphatic carbocycles. The molecule has 1 aromatic carbocycles. The van der Waals surface area contributed by atoms with E-state index >= 15 is 4.39 Å². The molecule has 0 radical (unpaired) electrons. The summed E-state index contributed by atoms with van der Waals surface area (Å²) in [4.78, 5) is 38.4. The number of carbonyl (C=O) groups is 2. The fourth-order valence-electron chi connectivity index (χ4n) is 6.90. The number of likely N-dealkylation sites (N-methyl/N-ethyl adjacent to an activating group) is 1. The number of halogens is 1. The maximum atomic E-state index is 15.2. The van der Waals surface area contributed by atoms with Gasteiger partial charge in [0.05, 0.1) is 18.3 Å². The average molecular weight is 529 g/mol. The number of anilines is 1. The highest BCUT2D eigenvalue weighted by atomic mass is 19.1. The smallest absolute Gasteiger partial charge is 0.245 e. The average Bonchev–Trinajstić information content (AvgIpc) is 3.57. The quantitative estimate of drug-likeness (QED) is 0.568. The lowest BCUT2D eigenvalue weighted by atomic mass is 9.79. The predicted molar refractivity (Wildman–Crippen MR) is 145 cm³/mol. The van der Waals surface area contributed by atoms with Crippen molar-refractivity contribution in [1.29, 1.82) is 5.26 Å². The molecule has 8 nitrogen and oxygen atoms in total. The van der Waals surface area contributed by atoms with Crippen molar-refractivity contribution in [3.63, 3.8) is 0 Å². The van der Waals surface area contributed by atoms with Crippen LogP contribution in [0.15, 0.2) is 36.9 Å². The van der Waals surface area contributed by atoms with E-state index in [-0.39, 0.29) is 29.1 Å². The third kappa shape index (κ3) is 4.27. The summed E-state index contributed by atoms with van der Waals surface area (Å²) in [6.07, 6.45) is 4.61. The van der Waals surface area contributed by atoms with Gasteiger partial charge in [-0.1, -0.05) is 24.8 Å². The van der Waals surface area contributed by atoms with Crippen LogP contribution in [-0.2, 0) is 22.6 Å². The van der Waals surface area contributed by atoms with Crippen LogP contribution in [0.5, 0.6) is 0 Å². The van der Waals surface area contributed by atoms with E-state index in [1.807, 2.05) is 11.9 Å². The van der Waals surface area contributed by atoms with Gasteiger partial charge in [-0.2, -0.15) is 5.26 Å². The Hall–Kier alpha value is -3.77. The van der Waals surface area contributed by atoms with E-state index in [0.717, 1.165) is 37.1 Å². The highest BCUT2D eigenvalue weighted by Crippen LogP contribution is 2.44. The second-order valence-corrected chi connectivity index (χ2v) is 11.4. The number of nitriles is 1. The fourth-order valence-corrected chi connectivity index (χ4v) is 6.90. The van der Waals surface area contributed by atoms with Gasteiger partial charge < -0.3 is 14.7 Å². The monoisotopic (exact) mass is 528 g/mol. The molecule has 3 fully saturated rings. The van der Waals surface area contributed by atoms with Gasteiger partial charge in [0.1, 0.15) is 23.3 Å². The summed E-state index contributed by atoms with van der Waals surface area (Å²) in [5.74, 6) is 0.215. The van der Waals surface area contributed by atoms with Gasteiger partial charge in [0.15, 0.2) is 0 Å². The Balaban J connectivity index is 1.38. The maximum Gasteiger partial charge on any atom is 0.245 e. The van der Waals surface area contributed by atoms with Crippen LogP contribution >= 0.6 is 0 Å². The lowest BCUT2D eigenvalue weighted by Crippen LogP contribution is -2.59. The number of amides is 2. The minimum absolute atomic E-state index is 0.0454. The van der Waals surface area contributed by atoms with Crippen molar-refractivity contribution in [3.8, 4) is 17.2 Å². The number of aromatic nitrogens is 1. The first-order valence-electron chi connectivity index (χ1n) is 13.7. The van der Waals surface area contributed by atoms with Crippen LogP contribution in [0, 0.1) is 22.6 Å². The Kier molecular flexibility index (Phi) is 6.38. The molecule has 6 rings (SSSR count). The molecule has 39 heavy (non-hydrogen) atoms. The number of benzene rings is 1. The number of likely N-dealkylation sites (tertiary alicyclic amines) is 2. The second kappa shape index (κ2) is 9.76. The van der Waals surface area contributed by atoms with Gasteiger partial charge in [-0.3, -0.25) is 14.5 Å². The second-order valence-electron chi connectivity index (χ2n) is 11.4. The van der Waals surface area contributed by atoms with Crippen molar-refractivity contribution in [2.75, 3.05) is 51.2 Å². The van der Waals surface area contributed by atoms with Crippen LogP contribution in [0.2, 0.25) is 0 Å². The molecule has 9 heteroatoms. The Morgan fingerprint density at radius 1 is 1.18 bits per heavy atom. The molecule has 5 heterocycles. The zero-order valence-electron chi connectivity index (χ0n) is 22.3. The standard InChI is InChI=1S/C30H33FN6O2/c1-3-26(38)37-18-30(19-37)11-14-36(17-30)28-22(15-32)27(20-7-4-5-8-23(20)31)21-10-13-35(16-24(21)33-28)29(39)25-9-6-12-34(25)2/h3-5,7-8,25H,1,6,9-14,16-19H2,2H3/t25-/m0/s1. The third-order valence-corrected chi connectivity index (χ3v) is 8.99. The largest absolute Gasteiger partial charge is 0.355 e. The van der Waals surface area contributed by atoms with Gasteiger partial charge in [0.2, 0.25) is 11.8 Å². The van der Waals surface area contributed by atoms with Gasteiger partial charge in [-0.15, -0.1) is 0 Å². The van der Waals surface area contributed by atoms with E-state index in [1.165, 1.54) is 12.1 Å². The van der Waals surface area contributed by atoms with Crippen LogP contribution in [-0.4, -0.2) is 83.9 Å². The Morgan fingerprint density at radius 3 is 2.67 bits per heavy atom. The zero-order valence-corrected chi connectivity index (χ0v) is 22.3. The molecule has 1 spiro atoms. The molecule has 1 aromatic heterocycles. The summed E-state index contributed by atoms with van der Waals surface area (Å²) >= 11 is 0. The van der Waals surface area contributed by atoms with E-state index < -0.39 is 0 Å². The van der Waals surface area contributed by atoms with E-state index in [2.05, 4.69) is 22.4 Å². The van der Waals surface area contributed by atoms with Crippen molar-refractivity contribution < 1.29 is 14.0 Å². The Bertz CT molecular complexity index is 1390. The van der Waals surface area contributed by atoms with Gasteiger partial charge in [-0.05, 0) is 57.0 Å². The molecule has 0 N–H and O–H groups in total. The molecule has 1 atom stereocenters. The molecule has 4 aliphatic heterocycles. The fraction of sp³-hybridized carbons (Fsp3) is 0.467. The van der Waals surface area contributed by atoms with Gasteiger partial charge >= 0.3 is 0 Å². The topological polar surface area (TPSA) is 83.8 Å². The highest BCUT2D eigenvalue weighted by molar-refractivity contribution is 5.88. The summed E-state index contributed by atoms with van der Waals surface area (Å²) in [5.41, 5.74) is 2.91. The van der Waals surface area contributed by atoms with Gasteiger partial charge in [-0.25, -0.2) is 9.37 Å². The minimum Gasteiger partial charge on any atom is -0.355 e. The van der Waals surface area contributed by atoms with Crippen molar-refractivity contribution in [1.82, 2.24) is 19.7 Å². The van der Waals surface area contributed by atoms with Crippen LogP contribution in [0.4, 0.5) is 10.2 Å². The van der Waals surface area contributed by atoms with E-state index in [4.69, 9.17) is 4.98 Å².